The van der Waals surface area contributed by atoms with Crippen molar-refractivity contribution in [2.45, 2.75) is 26.9 Å². The van der Waals surface area contributed by atoms with Gasteiger partial charge in [-0.05, 0) is 60.9 Å². The number of anilines is 1. The van der Waals surface area contributed by atoms with Crippen LogP contribution in [0.2, 0.25) is 5.02 Å². The van der Waals surface area contributed by atoms with E-state index in [1.54, 1.807) is 36.4 Å². The molecule has 4 rings (SSSR count). The van der Waals surface area contributed by atoms with Crippen molar-refractivity contribution in [2.75, 3.05) is 5.32 Å². The van der Waals surface area contributed by atoms with Crippen molar-refractivity contribution in [1.29, 1.82) is 0 Å². The third kappa shape index (κ3) is 4.33. The Morgan fingerprint density at radius 2 is 1.78 bits per heavy atom. The molecule has 2 heterocycles. The lowest BCUT2D eigenvalue weighted by atomic mass is 10.1. The van der Waals surface area contributed by atoms with Gasteiger partial charge >= 0.3 is 5.69 Å². The standard InChI is InChI=1S/C24H21ClN4O3/c1-15-5-6-16(2)19(12-15)27-21(30)14-28-20-4-3-11-26-22(20)23(31)29(24(28)32)13-17-7-9-18(25)10-8-17/h3-12H,13-14H2,1-2H3,(H,27,30). The maximum atomic E-state index is 13.3. The minimum absolute atomic E-state index is 0.0416. The summed E-state index contributed by atoms with van der Waals surface area (Å²) in [5.74, 6) is -0.373. The van der Waals surface area contributed by atoms with Crippen molar-refractivity contribution in [3.63, 3.8) is 0 Å². The van der Waals surface area contributed by atoms with E-state index < -0.39 is 11.2 Å². The summed E-state index contributed by atoms with van der Waals surface area (Å²) in [7, 11) is 0. The Morgan fingerprint density at radius 1 is 1.03 bits per heavy atom. The second-order valence-corrected chi connectivity index (χ2v) is 8.06. The molecule has 2 aromatic carbocycles. The highest BCUT2D eigenvalue weighted by Crippen LogP contribution is 2.16. The van der Waals surface area contributed by atoms with Crippen LogP contribution in [-0.2, 0) is 17.9 Å². The molecule has 0 aliphatic heterocycles. The van der Waals surface area contributed by atoms with Crippen molar-refractivity contribution in [2.24, 2.45) is 0 Å². The molecule has 4 aromatic rings. The van der Waals surface area contributed by atoms with Gasteiger partial charge in [-0.2, -0.15) is 0 Å². The van der Waals surface area contributed by atoms with Crippen LogP contribution in [0.4, 0.5) is 5.69 Å². The molecule has 0 aliphatic rings. The molecule has 0 atom stereocenters. The molecule has 0 saturated heterocycles. The number of hydrogen-bond donors (Lipinski definition) is 1. The van der Waals surface area contributed by atoms with Crippen LogP contribution < -0.4 is 16.6 Å². The lowest BCUT2D eigenvalue weighted by molar-refractivity contribution is -0.116. The van der Waals surface area contributed by atoms with Gasteiger partial charge in [0.05, 0.1) is 12.1 Å². The van der Waals surface area contributed by atoms with Gasteiger partial charge in [0, 0.05) is 16.9 Å². The van der Waals surface area contributed by atoms with Gasteiger partial charge < -0.3 is 5.32 Å². The lowest BCUT2D eigenvalue weighted by Crippen LogP contribution is -2.42. The fraction of sp³-hybridized carbons (Fsp3) is 0.167. The predicted molar refractivity (Wildman–Crippen MR) is 125 cm³/mol. The van der Waals surface area contributed by atoms with Crippen LogP contribution in [0.1, 0.15) is 16.7 Å². The molecule has 0 unspecified atom stereocenters. The number of nitrogens with zero attached hydrogens (tertiary/aromatic N) is 3. The molecule has 0 spiro atoms. The van der Waals surface area contributed by atoms with Crippen molar-refractivity contribution >= 4 is 34.2 Å². The molecule has 0 bridgehead atoms. The van der Waals surface area contributed by atoms with Gasteiger partial charge in [-0.15, -0.1) is 0 Å². The average molecular weight is 449 g/mol. The summed E-state index contributed by atoms with van der Waals surface area (Å²) in [6.45, 7) is 3.62. The van der Waals surface area contributed by atoms with Crippen molar-refractivity contribution < 1.29 is 4.79 Å². The van der Waals surface area contributed by atoms with E-state index in [9.17, 15) is 14.4 Å². The topological polar surface area (TPSA) is 86.0 Å². The molecule has 32 heavy (non-hydrogen) atoms. The number of rotatable bonds is 5. The fourth-order valence-electron chi connectivity index (χ4n) is 3.51. The molecule has 0 radical (unpaired) electrons. The summed E-state index contributed by atoms with van der Waals surface area (Å²) in [5, 5.41) is 3.42. The predicted octanol–water partition coefficient (Wildman–Crippen LogP) is 3.52. The lowest BCUT2D eigenvalue weighted by Gasteiger charge is -2.14. The minimum atomic E-state index is -0.582. The first-order valence-electron chi connectivity index (χ1n) is 10.0. The SMILES string of the molecule is Cc1ccc(C)c(NC(=O)Cn2c(=O)n(Cc3ccc(Cl)cc3)c(=O)c3ncccc32)c1. The number of hydrogen-bond acceptors (Lipinski definition) is 4. The molecule has 7 nitrogen and oxygen atoms in total. The van der Waals surface area contributed by atoms with Crippen LogP contribution in [0.15, 0.2) is 70.4 Å². The van der Waals surface area contributed by atoms with Crippen LogP contribution in [0, 0.1) is 13.8 Å². The molecule has 0 aliphatic carbocycles. The molecule has 2 aromatic heterocycles. The molecular weight excluding hydrogens is 428 g/mol. The van der Waals surface area contributed by atoms with E-state index in [0.29, 0.717) is 16.2 Å². The van der Waals surface area contributed by atoms with E-state index in [1.807, 2.05) is 32.0 Å². The van der Waals surface area contributed by atoms with E-state index >= 15 is 0 Å². The zero-order valence-electron chi connectivity index (χ0n) is 17.6. The second kappa shape index (κ2) is 8.80. The number of amides is 1. The minimum Gasteiger partial charge on any atom is -0.324 e. The van der Waals surface area contributed by atoms with Gasteiger partial charge in [0.1, 0.15) is 6.54 Å². The third-order valence-corrected chi connectivity index (χ3v) is 5.46. The second-order valence-electron chi connectivity index (χ2n) is 7.62. The number of pyridine rings is 1. The molecular formula is C24H21ClN4O3. The Balaban J connectivity index is 1.75. The molecule has 0 fully saturated rings. The summed E-state index contributed by atoms with van der Waals surface area (Å²) in [6, 6.07) is 15.9. The molecule has 8 heteroatoms. The van der Waals surface area contributed by atoms with E-state index in [0.717, 1.165) is 21.3 Å². The number of benzene rings is 2. The van der Waals surface area contributed by atoms with Crippen LogP contribution in [-0.4, -0.2) is 20.0 Å². The van der Waals surface area contributed by atoms with Crippen LogP contribution in [0.3, 0.4) is 0 Å². The quantitative estimate of drug-likeness (QED) is 0.506. The van der Waals surface area contributed by atoms with E-state index in [1.165, 1.54) is 10.8 Å². The number of halogens is 1. The largest absolute Gasteiger partial charge is 0.332 e. The highest BCUT2D eigenvalue weighted by molar-refractivity contribution is 6.30. The first-order chi connectivity index (χ1) is 15.3. The van der Waals surface area contributed by atoms with Gasteiger partial charge in [0.25, 0.3) is 5.56 Å². The van der Waals surface area contributed by atoms with Gasteiger partial charge in [0.2, 0.25) is 5.91 Å². The average Bonchev–Trinajstić information content (AvgIpc) is 2.78. The Labute approximate surface area is 188 Å². The maximum absolute atomic E-state index is 13.3. The Morgan fingerprint density at radius 3 is 2.53 bits per heavy atom. The van der Waals surface area contributed by atoms with E-state index in [4.69, 9.17) is 11.6 Å². The van der Waals surface area contributed by atoms with E-state index in [2.05, 4.69) is 10.3 Å². The number of nitrogens with one attached hydrogen (secondary N) is 1. The first kappa shape index (κ1) is 21.5. The molecule has 1 amide bonds. The monoisotopic (exact) mass is 448 g/mol. The molecule has 162 valence electrons. The van der Waals surface area contributed by atoms with Gasteiger partial charge in [-0.1, -0.05) is 35.9 Å². The van der Waals surface area contributed by atoms with Crippen LogP contribution in [0.5, 0.6) is 0 Å². The van der Waals surface area contributed by atoms with Crippen molar-refractivity contribution in [1.82, 2.24) is 14.1 Å². The first-order valence-corrected chi connectivity index (χ1v) is 10.4. The summed E-state index contributed by atoms with van der Waals surface area (Å²) in [5.41, 5.74) is 2.68. The summed E-state index contributed by atoms with van der Waals surface area (Å²) in [4.78, 5) is 43.3. The Hall–Kier alpha value is -3.71. The van der Waals surface area contributed by atoms with E-state index in [-0.39, 0.29) is 24.5 Å². The smallest absolute Gasteiger partial charge is 0.324 e. The Kier molecular flexibility index (Phi) is 5.92. The zero-order valence-corrected chi connectivity index (χ0v) is 18.4. The van der Waals surface area contributed by atoms with Crippen LogP contribution >= 0.6 is 11.6 Å². The van der Waals surface area contributed by atoms with Crippen molar-refractivity contribution in [3.8, 4) is 0 Å². The third-order valence-electron chi connectivity index (χ3n) is 5.21. The van der Waals surface area contributed by atoms with Gasteiger partial charge in [-0.25, -0.2) is 9.78 Å². The fourth-order valence-corrected chi connectivity index (χ4v) is 3.64. The Bertz CT molecular complexity index is 1440. The van der Waals surface area contributed by atoms with Crippen LogP contribution in [0.25, 0.3) is 11.0 Å². The maximum Gasteiger partial charge on any atom is 0.332 e. The number of carbonyl (C=O) groups excluding carboxylic acids is 1. The highest BCUT2D eigenvalue weighted by atomic mass is 35.5. The van der Waals surface area contributed by atoms with Gasteiger partial charge in [-0.3, -0.25) is 18.7 Å². The number of aromatic nitrogens is 3. The zero-order chi connectivity index (χ0) is 22.8. The highest BCUT2D eigenvalue weighted by Gasteiger charge is 2.17. The number of aryl methyl sites for hydroxylation is 2. The normalized spacial score (nSPS) is 11.0. The number of fused-ring (bicyclic) bond motifs is 1. The number of carbonyl (C=O) groups is 1. The summed E-state index contributed by atoms with van der Waals surface area (Å²) in [6.07, 6.45) is 1.49. The summed E-state index contributed by atoms with van der Waals surface area (Å²) < 4.78 is 2.36. The van der Waals surface area contributed by atoms with Crippen molar-refractivity contribution in [3.05, 3.63) is 103 Å². The van der Waals surface area contributed by atoms with Gasteiger partial charge in [0.15, 0.2) is 5.52 Å². The molecule has 0 saturated carbocycles. The summed E-state index contributed by atoms with van der Waals surface area (Å²) >= 11 is 5.94. The molecule has 1 N–H and O–H groups in total.